The molecule has 0 aromatic heterocycles. The molecule has 0 saturated heterocycles. The van der Waals surface area contributed by atoms with E-state index in [1.807, 2.05) is 21.1 Å². The topological polar surface area (TPSA) is 99.1 Å². The van der Waals surface area contributed by atoms with Crippen LogP contribution in [0.4, 0.5) is 0 Å². The monoisotopic (exact) mass is 572 g/mol. The lowest BCUT2D eigenvalue weighted by molar-refractivity contribution is -0.887. The number of carbonyl (C=O) groups excluding carboxylic acids is 2. The van der Waals surface area contributed by atoms with Crippen molar-refractivity contribution >= 4 is 17.9 Å². The molecule has 8 heteroatoms. The third-order valence-electron chi connectivity index (χ3n) is 7.26. The maximum atomic E-state index is 12.5. The number of unbranched alkanes of at least 4 members (excludes halogenated alkanes) is 14. The van der Waals surface area contributed by atoms with Crippen LogP contribution in [0.1, 0.15) is 136 Å². The van der Waals surface area contributed by atoms with E-state index in [1.54, 1.807) is 0 Å². The van der Waals surface area contributed by atoms with Gasteiger partial charge < -0.3 is 23.8 Å². The van der Waals surface area contributed by atoms with Crippen molar-refractivity contribution in [1.29, 1.82) is 0 Å². The summed E-state index contributed by atoms with van der Waals surface area (Å²) in [5, 5.41) is 9.51. The molecule has 8 nitrogen and oxygen atoms in total. The number of nitrogens with zero attached hydrogens (tertiary/aromatic N) is 1. The van der Waals surface area contributed by atoms with Gasteiger partial charge in [-0.1, -0.05) is 104 Å². The number of rotatable bonds is 28. The van der Waals surface area contributed by atoms with E-state index in [-0.39, 0.29) is 36.2 Å². The van der Waals surface area contributed by atoms with E-state index in [9.17, 15) is 19.5 Å². The van der Waals surface area contributed by atoms with E-state index < -0.39 is 18.1 Å². The zero-order chi connectivity index (χ0) is 30.1. The van der Waals surface area contributed by atoms with Crippen LogP contribution < -0.4 is 0 Å². The van der Waals surface area contributed by atoms with Gasteiger partial charge in [0.1, 0.15) is 6.61 Å². The molecule has 0 heterocycles. The number of hydrogen-bond donors (Lipinski definition) is 1. The molecule has 0 aromatic rings. The summed E-state index contributed by atoms with van der Waals surface area (Å²) >= 11 is 0. The number of carboxylic acid groups (broad SMARTS) is 1. The fourth-order valence-corrected chi connectivity index (χ4v) is 4.68. The largest absolute Gasteiger partial charge is 0.477 e. The van der Waals surface area contributed by atoms with Crippen molar-refractivity contribution in [3.63, 3.8) is 0 Å². The van der Waals surface area contributed by atoms with Gasteiger partial charge in [-0.3, -0.25) is 9.59 Å². The lowest BCUT2D eigenvalue weighted by Crippen LogP contribution is -2.50. The van der Waals surface area contributed by atoms with Gasteiger partial charge in [-0.2, -0.15) is 0 Å². The van der Waals surface area contributed by atoms with Crippen molar-refractivity contribution in [3.8, 4) is 0 Å². The second kappa shape index (κ2) is 25.1. The number of hydrogen-bond acceptors (Lipinski definition) is 6. The highest BCUT2D eigenvalue weighted by Crippen LogP contribution is 2.13. The Bertz CT molecular complexity index is 648. The number of aliphatic carboxylic acids is 1. The first kappa shape index (κ1) is 38.3. The quantitative estimate of drug-likeness (QED) is 0.0608. The molecule has 1 N–H and O–H groups in total. The summed E-state index contributed by atoms with van der Waals surface area (Å²) in [6.45, 7) is 4.65. The molecule has 0 aliphatic carbocycles. The van der Waals surface area contributed by atoms with Gasteiger partial charge >= 0.3 is 17.9 Å². The lowest BCUT2D eigenvalue weighted by Gasteiger charge is -2.31. The van der Waals surface area contributed by atoms with E-state index in [2.05, 4.69) is 13.8 Å². The standard InChI is InChI=1S/C32H61NO7/c1-6-8-10-12-14-15-17-18-20-22-30(34)39-27-28(26-38-25-24-29(32(36)37)33(3,4)5)40-31(35)23-21-19-16-13-11-9-7-2/h28-29H,6-27H2,1-5H3/p+1. The first-order valence-corrected chi connectivity index (χ1v) is 16.1. The molecule has 0 radical (unpaired) electrons. The number of carboxylic acids is 1. The molecule has 0 rings (SSSR count). The Hall–Kier alpha value is -1.67. The predicted octanol–water partition coefficient (Wildman–Crippen LogP) is 7.07. The van der Waals surface area contributed by atoms with Crippen LogP contribution in [0.2, 0.25) is 0 Å². The van der Waals surface area contributed by atoms with Crippen molar-refractivity contribution in [1.82, 2.24) is 0 Å². The van der Waals surface area contributed by atoms with Crippen LogP contribution in [0, 0.1) is 0 Å². The number of quaternary nitrogens is 1. The molecule has 0 bridgehead atoms. The van der Waals surface area contributed by atoms with E-state index >= 15 is 0 Å². The van der Waals surface area contributed by atoms with Gasteiger partial charge in [0.25, 0.3) is 0 Å². The smallest absolute Gasteiger partial charge is 0.362 e. The summed E-state index contributed by atoms with van der Waals surface area (Å²) in [4.78, 5) is 36.3. The van der Waals surface area contributed by atoms with Crippen molar-refractivity contribution in [2.45, 2.75) is 148 Å². The molecule has 2 unspecified atom stereocenters. The van der Waals surface area contributed by atoms with Crippen LogP contribution >= 0.6 is 0 Å². The molecule has 0 aliphatic rings. The third kappa shape index (κ3) is 23.1. The zero-order valence-corrected chi connectivity index (χ0v) is 26.6. The molecular formula is C32H62NO7+. The van der Waals surface area contributed by atoms with Gasteiger partial charge in [-0.05, 0) is 12.8 Å². The van der Waals surface area contributed by atoms with Gasteiger partial charge in [0.15, 0.2) is 12.1 Å². The van der Waals surface area contributed by atoms with Crippen LogP contribution in [0.25, 0.3) is 0 Å². The van der Waals surface area contributed by atoms with Crippen LogP contribution in [0.15, 0.2) is 0 Å². The molecule has 40 heavy (non-hydrogen) atoms. The van der Waals surface area contributed by atoms with Crippen LogP contribution in [0.5, 0.6) is 0 Å². The lowest BCUT2D eigenvalue weighted by atomic mass is 10.1. The van der Waals surface area contributed by atoms with Crippen molar-refractivity contribution in [3.05, 3.63) is 0 Å². The summed E-state index contributed by atoms with van der Waals surface area (Å²) in [7, 11) is 5.50. The highest BCUT2D eigenvalue weighted by Gasteiger charge is 2.31. The van der Waals surface area contributed by atoms with Crippen molar-refractivity contribution < 1.29 is 38.2 Å². The van der Waals surface area contributed by atoms with Gasteiger partial charge in [0.2, 0.25) is 0 Å². The van der Waals surface area contributed by atoms with Gasteiger partial charge in [0, 0.05) is 19.3 Å². The molecule has 0 aliphatic heterocycles. The maximum absolute atomic E-state index is 12.5. The molecule has 236 valence electrons. The molecule has 0 aromatic carbocycles. The molecule has 0 amide bonds. The Labute approximate surface area is 245 Å². The molecule has 0 fully saturated rings. The van der Waals surface area contributed by atoms with Gasteiger partial charge in [0.05, 0.1) is 34.4 Å². The average molecular weight is 573 g/mol. The summed E-state index contributed by atoms with van der Waals surface area (Å²) in [5.41, 5.74) is 0. The minimum Gasteiger partial charge on any atom is -0.477 e. The minimum absolute atomic E-state index is 0.0449. The van der Waals surface area contributed by atoms with Crippen LogP contribution in [-0.2, 0) is 28.6 Å². The maximum Gasteiger partial charge on any atom is 0.362 e. The van der Waals surface area contributed by atoms with Crippen LogP contribution in [0.3, 0.4) is 0 Å². The fourth-order valence-electron chi connectivity index (χ4n) is 4.68. The SMILES string of the molecule is CCCCCCCCCCCC(=O)OCC(COCCC(C(=O)O)[N+](C)(C)C)OC(=O)CCCCCCCCC. The van der Waals surface area contributed by atoms with Gasteiger partial charge in [-0.15, -0.1) is 0 Å². The number of ether oxygens (including phenoxy) is 3. The second-order valence-electron chi connectivity index (χ2n) is 12.1. The summed E-state index contributed by atoms with van der Waals surface area (Å²) in [6.07, 6.45) is 18.7. The Morgan fingerprint density at radius 1 is 0.650 bits per heavy atom. The van der Waals surface area contributed by atoms with Crippen LogP contribution in [-0.4, -0.2) is 80.6 Å². The first-order chi connectivity index (χ1) is 19.1. The highest BCUT2D eigenvalue weighted by atomic mass is 16.6. The van der Waals surface area contributed by atoms with E-state index in [1.165, 1.54) is 64.2 Å². The van der Waals surface area contributed by atoms with E-state index in [4.69, 9.17) is 14.2 Å². The van der Waals surface area contributed by atoms with E-state index in [0.717, 1.165) is 38.5 Å². The molecule has 0 saturated carbocycles. The highest BCUT2D eigenvalue weighted by molar-refractivity contribution is 5.72. The average Bonchev–Trinajstić information content (AvgIpc) is 2.89. The predicted molar refractivity (Wildman–Crippen MR) is 160 cm³/mol. The Morgan fingerprint density at radius 3 is 1.55 bits per heavy atom. The van der Waals surface area contributed by atoms with Crippen molar-refractivity contribution in [2.75, 3.05) is 41.0 Å². The summed E-state index contributed by atoms with van der Waals surface area (Å²) < 4.78 is 17.0. The minimum atomic E-state index is -0.876. The number of esters is 2. The first-order valence-electron chi connectivity index (χ1n) is 16.1. The third-order valence-corrected chi connectivity index (χ3v) is 7.26. The fraction of sp³-hybridized carbons (Fsp3) is 0.906. The number of carbonyl (C=O) groups is 3. The Morgan fingerprint density at radius 2 is 1.10 bits per heavy atom. The number of likely N-dealkylation sites (N-methyl/N-ethyl adjacent to an activating group) is 1. The molecule has 0 spiro atoms. The Balaban J connectivity index is 4.49. The summed E-state index contributed by atoms with van der Waals surface area (Å²) in [6, 6.07) is -0.604. The zero-order valence-electron chi connectivity index (χ0n) is 26.6. The molecule has 2 atom stereocenters. The normalized spacial score (nSPS) is 13.1. The van der Waals surface area contributed by atoms with E-state index in [0.29, 0.717) is 19.3 Å². The van der Waals surface area contributed by atoms with Gasteiger partial charge in [-0.25, -0.2) is 4.79 Å². The molecular weight excluding hydrogens is 510 g/mol. The van der Waals surface area contributed by atoms with Crippen molar-refractivity contribution in [2.24, 2.45) is 0 Å². The summed E-state index contributed by atoms with van der Waals surface area (Å²) in [5.74, 6) is -1.47. The Kier molecular flexibility index (Phi) is 24.0. The second-order valence-corrected chi connectivity index (χ2v) is 12.1.